The second-order valence-corrected chi connectivity index (χ2v) is 6.86. The van der Waals surface area contributed by atoms with Crippen LogP contribution in [0, 0.1) is 0 Å². The summed E-state index contributed by atoms with van der Waals surface area (Å²) >= 11 is 1.34. The van der Waals surface area contributed by atoms with Crippen molar-refractivity contribution < 1.29 is 0 Å². The Balaban J connectivity index is 1.40. The van der Waals surface area contributed by atoms with Crippen LogP contribution in [-0.4, -0.2) is 48.9 Å². The van der Waals surface area contributed by atoms with Crippen molar-refractivity contribution in [2.24, 2.45) is 0 Å². The molecule has 3 aromatic rings. The van der Waals surface area contributed by atoms with E-state index in [4.69, 9.17) is 0 Å². The smallest absolute Gasteiger partial charge is 0.275 e. The molecular weight excluding hydrogens is 326 g/mol. The molecule has 0 aliphatic carbocycles. The minimum absolute atomic E-state index is 0.179. The highest BCUT2D eigenvalue weighted by molar-refractivity contribution is 7.20. The lowest BCUT2D eigenvalue weighted by molar-refractivity contribution is 0.218. The zero-order chi connectivity index (χ0) is 16.4. The number of fused-ring (bicyclic) bond motifs is 1. The first-order valence-corrected chi connectivity index (χ1v) is 8.96. The molecule has 1 N–H and O–H groups in total. The molecule has 0 spiro atoms. The Morgan fingerprint density at radius 3 is 2.92 bits per heavy atom. The molecule has 126 valence electrons. The average molecular weight is 345 g/mol. The van der Waals surface area contributed by atoms with Crippen LogP contribution in [0.25, 0.3) is 4.96 Å². The van der Waals surface area contributed by atoms with Gasteiger partial charge in [0.1, 0.15) is 0 Å². The van der Waals surface area contributed by atoms with Crippen LogP contribution in [0.1, 0.15) is 19.3 Å². The fourth-order valence-corrected chi connectivity index (χ4v) is 3.69. The first-order valence-electron chi connectivity index (χ1n) is 8.15. The SMILES string of the molecule is O=c1ccnc2sc(Nc3cnn(CCN4CCCCC4)c3)nn12. The van der Waals surface area contributed by atoms with Crippen LogP contribution in [0.4, 0.5) is 10.8 Å². The summed E-state index contributed by atoms with van der Waals surface area (Å²) in [7, 11) is 0. The molecule has 24 heavy (non-hydrogen) atoms. The van der Waals surface area contributed by atoms with Gasteiger partial charge in [-0.25, -0.2) is 4.98 Å². The first-order chi connectivity index (χ1) is 11.8. The Bertz CT molecular complexity index is 877. The highest BCUT2D eigenvalue weighted by Gasteiger charge is 2.11. The number of hydrogen-bond donors (Lipinski definition) is 1. The Morgan fingerprint density at radius 2 is 2.08 bits per heavy atom. The number of nitrogens with zero attached hydrogens (tertiary/aromatic N) is 6. The molecule has 9 heteroatoms. The van der Waals surface area contributed by atoms with Crippen molar-refractivity contribution in [3.8, 4) is 0 Å². The molecule has 3 aromatic heterocycles. The summed E-state index contributed by atoms with van der Waals surface area (Å²) in [6.45, 7) is 4.30. The van der Waals surface area contributed by atoms with E-state index in [1.807, 2.05) is 10.9 Å². The van der Waals surface area contributed by atoms with Gasteiger partial charge in [0, 0.05) is 25.0 Å². The van der Waals surface area contributed by atoms with Crippen LogP contribution in [0.5, 0.6) is 0 Å². The van der Waals surface area contributed by atoms with Crippen molar-refractivity contribution in [3.63, 3.8) is 0 Å². The van der Waals surface area contributed by atoms with E-state index in [1.54, 1.807) is 6.20 Å². The van der Waals surface area contributed by atoms with Crippen LogP contribution in [0.2, 0.25) is 0 Å². The van der Waals surface area contributed by atoms with Crippen molar-refractivity contribution >= 4 is 27.1 Å². The fourth-order valence-electron chi connectivity index (χ4n) is 2.89. The number of rotatable bonds is 5. The first kappa shape index (κ1) is 15.3. The molecule has 1 fully saturated rings. The monoisotopic (exact) mass is 345 g/mol. The molecule has 0 unspecified atom stereocenters. The van der Waals surface area contributed by atoms with Crippen molar-refractivity contribution in [2.75, 3.05) is 25.0 Å². The van der Waals surface area contributed by atoms with Gasteiger partial charge in [-0.1, -0.05) is 17.8 Å². The van der Waals surface area contributed by atoms with Gasteiger partial charge in [0.05, 0.1) is 18.4 Å². The summed E-state index contributed by atoms with van der Waals surface area (Å²) < 4.78 is 3.24. The molecule has 0 aromatic carbocycles. The van der Waals surface area contributed by atoms with Crippen molar-refractivity contribution in [1.29, 1.82) is 0 Å². The Kier molecular flexibility index (Phi) is 4.26. The standard InChI is InChI=1S/C15H19N7OS/c23-13-4-5-16-15-22(13)19-14(24-15)18-12-10-17-21(11-12)9-8-20-6-2-1-3-7-20/h4-5,10-11H,1-3,6-9H2,(H,18,19). The van der Waals surface area contributed by atoms with Crippen LogP contribution >= 0.6 is 11.3 Å². The largest absolute Gasteiger partial charge is 0.327 e. The highest BCUT2D eigenvalue weighted by atomic mass is 32.1. The van der Waals surface area contributed by atoms with Crippen LogP contribution in [-0.2, 0) is 6.54 Å². The Morgan fingerprint density at radius 1 is 1.21 bits per heavy atom. The number of anilines is 2. The summed E-state index contributed by atoms with van der Waals surface area (Å²) in [4.78, 5) is 18.9. The van der Waals surface area contributed by atoms with E-state index in [9.17, 15) is 4.79 Å². The summed E-state index contributed by atoms with van der Waals surface area (Å²) in [5.41, 5.74) is 0.683. The Labute approximate surface area is 142 Å². The topological polar surface area (TPSA) is 80.3 Å². The van der Waals surface area contributed by atoms with Gasteiger partial charge < -0.3 is 10.2 Å². The molecule has 4 heterocycles. The van der Waals surface area contributed by atoms with Crippen molar-refractivity contribution in [2.45, 2.75) is 25.8 Å². The second kappa shape index (κ2) is 6.70. The molecular formula is C15H19N7OS. The number of nitrogens with one attached hydrogen (secondary N) is 1. The van der Waals surface area contributed by atoms with Crippen molar-refractivity contribution in [1.82, 2.24) is 29.3 Å². The molecule has 0 atom stereocenters. The van der Waals surface area contributed by atoms with E-state index in [2.05, 4.69) is 25.4 Å². The minimum atomic E-state index is -0.179. The molecule has 0 bridgehead atoms. The molecule has 1 saturated heterocycles. The van der Waals surface area contributed by atoms with Crippen molar-refractivity contribution in [3.05, 3.63) is 35.0 Å². The van der Waals surface area contributed by atoms with Crippen LogP contribution < -0.4 is 10.9 Å². The summed E-state index contributed by atoms with van der Waals surface area (Å²) in [6.07, 6.45) is 9.20. The Hall–Kier alpha value is -2.26. The zero-order valence-corrected chi connectivity index (χ0v) is 14.1. The molecule has 1 aliphatic heterocycles. The fraction of sp³-hybridized carbons (Fsp3) is 0.467. The molecule has 4 rings (SSSR count). The lowest BCUT2D eigenvalue weighted by Gasteiger charge is -2.26. The van der Waals surface area contributed by atoms with Gasteiger partial charge in [0.25, 0.3) is 5.56 Å². The molecule has 0 amide bonds. The quantitative estimate of drug-likeness (QED) is 0.756. The minimum Gasteiger partial charge on any atom is -0.327 e. The second-order valence-electron chi connectivity index (χ2n) is 5.90. The van der Waals surface area contributed by atoms with Gasteiger partial charge in [-0.2, -0.15) is 9.61 Å². The lowest BCUT2D eigenvalue weighted by Crippen LogP contribution is -2.32. The maximum Gasteiger partial charge on any atom is 0.275 e. The van der Waals surface area contributed by atoms with E-state index in [0.717, 1.165) is 18.8 Å². The summed E-state index contributed by atoms with van der Waals surface area (Å²) in [6, 6.07) is 1.40. The van der Waals surface area contributed by atoms with E-state index >= 15 is 0 Å². The maximum absolute atomic E-state index is 11.7. The predicted octanol–water partition coefficient (Wildman–Crippen LogP) is 1.58. The van der Waals surface area contributed by atoms with Crippen LogP contribution in [0.15, 0.2) is 29.5 Å². The maximum atomic E-state index is 11.7. The van der Waals surface area contributed by atoms with Gasteiger partial charge in [0.15, 0.2) is 0 Å². The van der Waals surface area contributed by atoms with E-state index in [0.29, 0.717) is 10.1 Å². The van der Waals surface area contributed by atoms with E-state index in [1.165, 1.54) is 60.5 Å². The molecule has 0 radical (unpaired) electrons. The third kappa shape index (κ3) is 3.31. The van der Waals surface area contributed by atoms with Gasteiger partial charge in [-0.15, -0.1) is 5.10 Å². The predicted molar refractivity (Wildman–Crippen MR) is 92.9 cm³/mol. The van der Waals surface area contributed by atoms with Gasteiger partial charge >= 0.3 is 0 Å². The normalized spacial score (nSPS) is 15.8. The lowest BCUT2D eigenvalue weighted by atomic mass is 10.1. The molecule has 0 saturated carbocycles. The van der Waals surface area contributed by atoms with E-state index < -0.39 is 0 Å². The number of likely N-dealkylation sites (tertiary alicyclic amines) is 1. The number of hydrogen-bond acceptors (Lipinski definition) is 7. The van der Waals surface area contributed by atoms with Gasteiger partial charge in [0.2, 0.25) is 10.1 Å². The highest BCUT2D eigenvalue weighted by Crippen LogP contribution is 2.20. The molecule has 1 aliphatic rings. The zero-order valence-electron chi connectivity index (χ0n) is 13.3. The van der Waals surface area contributed by atoms with Gasteiger partial charge in [-0.3, -0.25) is 9.48 Å². The third-order valence-electron chi connectivity index (χ3n) is 4.15. The average Bonchev–Trinajstić information content (AvgIpc) is 3.21. The number of piperidine rings is 1. The summed E-state index contributed by atoms with van der Waals surface area (Å²) in [5, 5.41) is 12.4. The summed E-state index contributed by atoms with van der Waals surface area (Å²) in [5.74, 6) is 0. The van der Waals surface area contributed by atoms with E-state index in [-0.39, 0.29) is 5.56 Å². The number of aromatic nitrogens is 5. The molecule has 8 nitrogen and oxygen atoms in total. The van der Waals surface area contributed by atoms with Crippen LogP contribution in [0.3, 0.4) is 0 Å². The third-order valence-corrected chi connectivity index (χ3v) is 4.99. The van der Waals surface area contributed by atoms with Gasteiger partial charge in [-0.05, 0) is 25.9 Å².